The number of morpholine rings is 1. The third kappa shape index (κ3) is 4.36. The fourth-order valence-corrected chi connectivity index (χ4v) is 3.16. The summed E-state index contributed by atoms with van der Waals surface area (Å²) in [5.41, 5.74) is 1.93. The molecule has 1 aromatic rings. The van der Waals surface area contributed by atoms with Crippen LogP contribution in [0.15, 0.2) is 24.3 Å². The van der Waals surface area contributed by atoms with Crippen molar-refractivity contribution < 1.29 is 9.53 Å². The first-order valence-electron chi connectivity index (χ1n) is 8.40. The Bertz CT molecular complexity index is 523. The van der Waals surface area contributed by atoms with E-state index in [1.165, 1.54) is 0 Å². The third-order valence-corrected chi connectivity index (χ3v) is 4.56. The Balaban J connectivity index is 1.59. The van der Waals surface area contributed by atoms with E-state index in [1.807, 2.05) is 18.2 Å². The van der Waals surface area contributed by atoms with Gasteiger partial charge in [0.1, 0.15) is 0 Å². The first kappa shape index (κ1) is 16.1. The van der Waals surface area contributed by atoms with Gasteiger partial charge in [-0.15, -0.1) is 0 Å². The van der Waals surface area contributed by atoms with Crippen LogP contribution in [0.25, 0.3) is 0 Å². The van der Waals surface area contributed by atoms with Crippen LogP contribution in [0.5, 0.6) is 0 Å². The lowest BCUT2D eigenvalue weighted by Crippen LogP contribution is -2.45. The summed E-state index contributed by atoms with van der Waals surface area (Å²) in [6, 6.07) is 8.12. The highest BCUT2D eigenvalue weighted by atomic mass is 16.5. The average molecular weight is 318 g/mol. The van der Waals surface area contributed by atoms with E-state index in [-0.39, 0.29) is 12.1 Å². The molecular formula is C17H26N4O2. The molecule has 2 fully saturated rings. The van der Waals surface area contributed by atoms with E-state index < -0.39 is 0 Å². The van der Waals surface area contributed by atoms with Gasteiger partial charge in [-0.05, 0) is 45.1 Å². The second-order valence-corrected chi connectivity index (χ2v) is 6.29. The Morgan fingerprint density at radius 3 is 2.57 bits per heavy atom. The van der Waals surface area contributed by atoms with Gasteiger partial charge in [-0.25, -0.2) is 4.79 Å². The Labute approximate surface area is 137 Å². The number of para-hydroxylation sites is 2. The second kappa shape index (κ2) is 7.66. The Morgan fingerprint density at radius 1 is 1.13 bits per heavy atom. The van der Waals surface area contributed by atoms with Crippen LogP contribution in [-0.4, -0.2) is 63.4 Å². The third-order valence-electron chi connectivity index (χ3n) is 4.56. The number of rotatable bonds is 3. The zero-order chi connectivity index (χ0) is 16.1. The first-order valence-corrected chi connectivity index (χ1v) is 8.40. The Kier molecular flexibility index (Phi) is 5.35. The fourth-order valence-electron chi connectivity index (χ4n) is 3.16. The van der Waals surface area contributed by atoms with E-state index in [4.69, 9.17) is 4.74 Å². The molecule has 0 aromatic heterocycles. The molecule has 2 saturated heterocycles. The smallest absolute Gasteiger partial charge is 0.319 e. The normalized spacial score (nSPS) is 20.3. The Morgan fingerprint density at radius 2 is 1.83 bits per heavy atom. The van der Waals surface area contributed by atoms with Crippen molar-refractivity contribution in [2.24, 2.45) is 0 Å². The van der Waals surface area contributed by atoms with Crippen LogP contribution in [0.3, 0.4) is 0 Å². The van der Waals surface area contributed by atoms with E-state index in [2.05, 4.69) is 33.5 Å². The maximum absolute atomic E-state index is 12.3. The molecule has 0 spiro atoms. The van der Waals surface area contributed by atoms with E-state index in [1.54, 1.807) is 0 Å². The lowest BCUT2D eigenvalue weighted by molar-refractivity contribution is 0.123. The van der Waals surface area contributed by atoms with Crippen LogP contribution in [0, 0.1) is 0 Å². The number of carbonyl (C=O) groups excluding carboxylic acids is 1. The monoisotopic (exact) mass is 318 g/mol. The number of carbonyl (C=O) groups is 1. The molecular weight excluding hydrogens is 292 g/mol. The van der Waals surface area contributed by atoms with Crippen LogP contribution < -0.4 is 15.5 Å². The van der Waals surface area contributed by atoms with Gasteiger partial charge in [-0.2, -0.15) is 0 Å². The lowest BCUT2D eigenvalue weighted by Gasteiger charge is -2.31. The number of piperidine rings is 1. The highest BCUT2D eigenvalue weighted by Crippen LogP contribution is 2.26. The zero-order valence-corrected chi connectivity index (χ0v) is 13.8. The van der Waals surface area contributed by atoms with E-state index in [9.17, 15) is 4.79 Å². The highest BCUT2D eigenvalue weighted by molar-refractivity contribution is 5.93. The van der Waals surface area contributed by atoms with Gasteiger partial charge in [-0.1, -0.05) is 12.1 Å². The molecule has 0 radical (unpaired) electrons. The molecule has 0 aliphatic carbocycles. The number of nitrogens with zero attached hydrogens (tertiary/aromatic N) is 2. The summed E-state index contributed by atoms with van der Waals surface area (Å²) in [4.78, 5) is 16.9. The molecule has 1 aromatic carbocycles. The number of amides is 2. The summed E-state index contributed by atoms with van der Waals surface area (Å²) in [7, 11) is 2.12. The summed E-state index contributed by atoms with van der Waals surface area (Å²) >= 11 is 0. The fraction of sp³-hybridized carbons (Fsp3) is 0.588. The summed E-state index contributed by atoms with van der Waals surface area (Å²) in [6.45, 7) is 5.25. The molecule has 2 amide bonds. The van der Waals surface area contributed by atoms with Gasteiger partial charge < -0.3 is 25.2 Å². The minimum atomic E-state index is -0.111. The SMILES string of the molecule is CN1CCC(NC(=O)Nc2ccccc2N2CCOCC2)CC1. The molecule has 23 heavy (non-hydrogen) atoms. The summed E-state index contributed by atoms with van der Waals surface area (Å²) in [5, 5.41) is 6.12. The predicted octanol–water partition coefficient (Wildman–Crippen LogP) is 1.74. The minimum absolute atomic E-state index is 0.111. The molecule has 2 aliphatic rings. The maximum Gasteiger partial charge on any atom is 0.319 e. The zero-order valence-electron chi connectivity index (χ0n) is 13.8. The molecule has 2 aliphatic heterocycles. The maximum atomic E-state index is 12.3. The van der Waals surface area contributed by atoms with Crippen molar-refractivity contribution in [1.82, 2.24) is 10.2 Å². The van der Waals surface area contributed by atoms with Gasteiger partial charge >= 0.3 is 6.03 Å². The van der Waals surface area contributed by atoms with Gasteiger partial charge in [0.25, 0.3) is 0 Å². The number of hydrogen-bond donors (Lipinski definition) is 2. The second-order valence-electron chi connectivity index (χ2n) is 6.29. The molecule has 126 valence electrons. The van der Waals surface area contributed by atoms with E-state index >= 15 is 0 Å². The molecule has 0 atom stereocenters. The molecule has 0 unspecified atom stereocenters. The van der Waals surface area contributed by atoms with Crippen molar-refractivity contribution >= 4 is 17.4 Å². The molecule has 0 saturated carbocycles. The van der Waals surface area contributed by atoms with Gasteiger partial charge in [0.05, 0.1) is 24.6 Å². The average Bonchev–Trinajstić information content (AvgIpc) is 2.58. The number of hydrogen-bond acceptors (Lipinski definition) is 4. The van der Waals surface area contributed by atoms with Crippen LogP contribution in [0.1, 0.15) is 12.8 Å². The molecule has 3 rings (SSSR count). The molecule has 2 N–H and O–H groups in total. The number of ether oxygens (including phenoxy) is 1. The summed E-state index contributed by atoms with van der Waals surface area (Å²) in [5.74, 6) is 0. The summed E-state index contributed by atoms with van der Waals surface area (Å²) in [6.07, 6.45) is 2.02. The standard InChI is InChI=1S/C17H26N4O2/c1-20-8-6-14(7-9-20)18-17(22)19-15-4-2-3-5-16(15)21-10-12-23-13-11-21/h2-5,14H,6-13H2,1H3,(H2,18,19,22). The molecule has 2 heterocycles. The number of anilines is 2. The van der Waals surface area contributed by atoms with Crippen molar-refractivity contribution in [3.8, 4) is 0 Å². The predicted molar refractivity (Wildman–Crippen MR) is 92.1 cm³/mol. The number of nitrogens with one attached hydrogen (secondary N) is 2. The van der Waals surface area contributed by atoms with Crippen molar-refractivity contribution in [2.75, 3.05) is 56.7 Å². The quantitative estimate of drug-likeness (QED) is 0.891. The van der Waals surface area contributed by atoms with Gasteiger partial charge in [0.2, 0.25) is 0 Å². The minimum Gasteiger partial charge on any atom is -0.378 e. The topological polar surface area (TPSA) is 56.8 Å². The van der Waals surface area contributed by atoms with Crippen LogP contribution in [0.2, 0.25) is 0 Å². The molecule has 0 bridgehead atoms. The van der Waals surface area contributed by atoms with Crippen LogP contribution >= 0.6 is 0 Å². The molecule has 6 nitrogen and oxygen atoms in total. The van der Waals surface area contributed by atoms with Crippen LogP contribution in [-0.2, 0) is 4.74 Å². The number of benzene rings is 1. The number of urea groups is 1. The highest BCUT2D eigenvalue weighted by Gasteiger charge is 2.20. The lowest BCUT2D eigenvalue weighted by atomic mass is 10.1. The Hall–Kier alpha value is -1.79. The van der Waals surface area contributed by atoms with Crippen molar-refractivity contribution in [1.29, 1.82) is 0 Å². The van der Waals surface area contributed by atoms with E-state index in [0.29, 0.717) is 0 Å². The van der Waals surface area contributed by atoms with Crippen molar-refractivity contribution in [3.05, 3.63) is 24.3 Å². The van der Waals surface area contributed by atoms with Gasteiger partial charge in [0, 0.05) is 19.1 Å². The van der Waals surface area contributed by atoms with Crippen molar-refractivity contribution in [2.45, 2.75) is 18.9 Å². The van der Waals surface area contributed by atoms with Crippen molar-refractivity contribution in [3.63, 3.8) is 0 Å². The molecule has 6 heteroatoms. The van der Waals surface area contributed by atoms with E-state index in [0.717, 1.165) is 63.6 Å². The first-order chi connectivity index (χ1) is 11.2. The van der Waals surface area contributed by atoms with Crippen LogP contribution in [0.4, 0.5) is 16.2 Å². The van der Waals surface area contributed by atoms with Gasteiger partial charge in [-0.3, -0.25) is 0 Å². The van der Waals surface area contributed by atoms with Gasteiger partial charge in [0.15, 0.2) is 0 Å². The largest absolute Gasteiger partial charge is 0.378 e. The number of likely N-dealkylation sites (tertiary alicyclic amines) is 1. The summed E-state index contributed by atoms with van der Waals surface area (Å²) < 4.78 is 5.41.